The lowest BCUT2D eigenvalue weighted by molar-refractivity contribution is -0.111. The molecule has 1 atom stereocenters. The maximum atomic E-state index is 11.9. The maximum absolute atomic E-state index is 11.9. The number of rotatable bonds is 4. The molecule has 0 aliphatic heterocycles. The highest BCUT2D eigenvalue weighted by Crippen LogP contribution is 2.27. The highest BCUT2D eigenvalue weighted by molar-refractivity contribution is 8.13. The van der Waals surface area contributed by atoms with E-state index in [2.05, 4.69) is 6.07 Å². The van der Waals surface area contributed by atoms with E-state index in [1.165, 1.54) is 11.8 Å². The second-order valence-electron chi connectivity index (χ2n) is 4.45. The molecule has 0 fully saturated rings. The quantitative estimate of drug-likeness (QED) is 0.834. The van der Waals surface area contributed by atoms with Gasteiger partial charge >= 0.3 is 0 Å². The fraction of sp³-hybridized carbons (Fsp3) is 0.312. The predicted molar refractivity (Wildman–Crippen MR) is 82.1 cm³/mol. The molecule has 2 aromatic rings. The third-order valence-electron chi connectivity index (χ3n) is 3.21. The molecule has 19 heavy (non-hydrogen) atoms. The van der Waals surface area contributed by atoms with E-state index >= 15 is 0 Å². The molecule has 0 heterocycles. The van der Waals surface area contributed by atoms with Crippen LogP contribution in [0.4, 0.5) is 0 Å². The molecule has 0 aliphatic rings. The summed E-state index contributed by atoms with van der Waals surface area (Å²) in [7, 11) is 1.66. The lowest BCUT2D eigenvalue weighted by Crippen LogP contribution is -2.05. The number of ether oxygens (including phenoxy) is 1. The van der Waals surface area contributed by atoms with Crippen molar-refractivity contribution < 1.29 is 9.53 Å². The van der Waals surface area contributed by atoms with Crippen LogP contribution in [0.15, 0.2) is 36.4 Å². The predicted octanol–water partition coefficient (Wildman–Crippen LogP) is 4.23. The maximum Gasteiger partial charge on any atom is 0.196 e. The van der Waals surface area contributed by atoms with Gasteiger partial charge in [0.15, 0.2) is 5.12 Å². The zero-order chi connectivity index (χ0) is 13.8. The SMILES string of the molecule is CCSC(=O)[C@@H](C)c1ccc2cc(OC)ccc2c1. The summed E-state index contributed by atoms with van der Waals surface area (Å²) in [6.07, 6.45) is 0. The highest BCUT2D eigenvalue weighted by atomic mass is 32.2. The number of hydrogen-bond donors (Lipinski definition) is 0. The molecule has 2 aromatic carbocycles. The minimum Gasteiger partial charge on any atom is -0.497 e. The lowest BCUT2D eigenvalue weighted by atomic mass is 9.99. The highest BCUT2D eigenvalue weighted by Gasteiger charge is 2.15. The molecular weight excluding hydrogens is 256 g/mol. The first-order valence-corrected chi connectivity index (χ1v) is 7.38. The smallest absolute Gasteiger partial charge is 0.196 e. The summed E-state index contributed by atoms with van der Waals surface area (Å²) >= 11 is 1.39. The van der Waals surface area contributed by atoms with Crippen LogP contribution in [0.5, 0.6) is 5.75 Å². The molecule has 2 nitrogen and oxygen atoms in total. The summed E-state index contributed by atoms with van der Waals surface area (Å²) in [6, 6.07) is 12.1. The van der Waals surface area contributed by atoms with Crippen LogP contribution in [-0.4, -0.2) is 18.0 Å². The van der Waals surface area contributed by atoms with E-state index in [0.717, 1.165) is 27.8 Å². The molecule has 100 valence electrons. The summed E-state index contributed by atoms with van der Waals surface area (Å²) < 4.78 is 5.21. The Balaban J connectivity index is 2.33. The fourth-order valence-electron chi connectivity index (χ4n) is 2.04. The molecule has 0 saturated carbocycles. The lowest BCUT2D eigenvalue weighted by Gasteiger charge is -2.11. The van der Waals surface area contributed by atoms with E-state index in [0.29, 0.717) is 0 Å². The summed E-state index contributed by atoms with van der Waals surface area (Å²) in [5, 5.41) is 2.50. The van der Waals surface area contributed by atoms with Gasteiger partial charge in [0, 0.05) is 0 Å². The Kier molecular flexibility index (Phi) is 4.48. The first-order valence-electron chi connectivity index (χ1n) is 6.40. The van der Waals surface area contributed by atoms with E-state index in [1.807, 2.05) is 44.2 Å². The van der Waals surface area contributed by atoms with Gasteiger partial charge in [-0.15, -0.1) is 0 Å². The van der Waals surface area contributed by atoms with E-state index in [1.54, 1.807) is 7.11 Å². The minimum absolute atomic E-state index is 0.0588. The van der Waals surface area contributed by atoms with Crippen LogP contribution in [-0.2, 0) is 4.79 Å². The van der Waals surface area contributed by atoms with E-state index in [-0.39, 0.29) is 11.0 Å². The molecule has 0 spiro atoms. The Bertz CT molecular complexity index is 592. The zero-order valence-corrected chi connectivity index (χ0v) is 12.3. The van der Waals surface area contributed by atoms with Crippen molar-refractivity contribution in [3.05, 3.63) is 42.0 Å². The number of hydrogen-bond acceptors (Lipinski definition) is 3. The van der Waals surface area contributed by atoms with Crippen LogP contribution >= 0.6 is 11.8 Å². The molecule has 0 amide bonds. The average molecular weight is 274 g/mol. The van der Waals surface area contributed by atoms with Crippen molar-refractivity contribution >= 4 is 27.6 Å². The number of fused-ring (bicyclic) bond motifs is 1. The van der Waals surface area contributed by atoms with Crippen molar-refractivity contribution in [1.82, 2.24) is 0 Å². The van der Waals surface area contributed by atoms with Crippen molar-refractivity contribution in [1.29, 1.82) is 0 Å². The first-order chi connectivity index (χ1) is 9.15. The molecule has 0 unspecified atom stereocenters. The Morgan fingerprint density at radius 3 is 2.58 bits per heavy atom. The molecule has 0 N–H and O–H groups in total. The van der Waals surface area contributed by atoms with E-state index in [9.17, 15) is 4.79 Å². The van der Waals surface area contributed by atoms with Gasteiger partial charge in [-0.2, -0.15) is 0 Å². The Labute approximate surface area is 118 Å². The van der Waals surface area contributed by atoms with Gasteiger partial charge in [-0.05, 0) is 34.2 Å². The minimum atomic E-state index is -0.0588. The van der Waals surface area contributed by atoms with Crippen molar-refractivity contribution in [3.63, 3.8) is 0 Å². The molecule has 2 rings (SSSR count). The second kappa shape index (κ2) is 6.11. The van der Waals surface area contributed by atoms with Gasteiger partial charge in [-0.25, -0.2) is 0 Å². The summed E-state index contributed by atoms with van der Waals surface area (Å²) in [4.78, 5) is 11.9. The van der Waals surface area contributed by atoms with Crippen molar-refractivity contribution in [2.24, 2.45) is 0 Å². The molecular formula is C16H18O2S. The van der Waals surface area contributed by atoms with Crippen LogP contribution in [0.1, 0.15) is 25.3 Å². The van der Waals surface area contributed by atoms with Crippen molar-refractivity contribution in [3.8, 4) is 5.75 Å². The first kappa shape index (κ1) is 13.9. The Morgan fingerprint density at radius 2 is 1.89 bits per heavy atom. The van der Waals surface area contributed by atoms with Gasteiger partial charge in [-0.1, -0.05) is 49.9 Å². The normalized spacial score (nSPS) is 12.4. The van der Waals surface area contributed by atoms with Crippen LogP contribution in [0.3, 0.4) is 0 Å². The number of thioether (sulfide) groups is 1. The summed E-state index contributed by atoms with van der Waals surface area (Å²) in [5.41, 5.74) is 1.07. The van der Waals surface area contributed by atoms with Gasteiger partial charge < -0.3 is 4.74 Å². The number of carbonyl (C=O) groups is 1. The molecule has 0 radical (unpaired) electrons. The van der Waals surface area contributed by atoms with Gasteiger partial charge in [0.05, 0.1) is 13.0 Å². The largest absolute Gasteiger partial charge is 0.497 e. The number of methoxy groups -OCH3 is 1. The van der Waals surface area contributed by atoms with Crippen LogP contribution in [0.2, 0.25) is 0 Å². The van der Waals surface area contributed by atoms with Gasteiger partial charge in [-0.3, -0.25) is 4.79 Å². The molecule has 0 bridgehead atoms. The third-order valence-corrected chi connectivity index (χ3v) is 4.14. The van der Waals surface area contributed by atoms with E-state index < -0.39 is 0 Å². The van der Waals surface area contributed by atoms with Gasteiger partial charge in [0.25, 0.3) is 0 Å². The van der Waals surface area contributed by atoms with Crippen LogP contribution in [0, 0.1) is 0 Å². The van der Waals surface area contributed by atoms with Crippen molar-refractivity contribution in [2.45, 2.75) is 19.8 Å². The molecule has 0 aliphatic carbocycles. The van der Waals surface area contributed by atoms with E-state index in [4.69, 9.17) is 4.74 Å². The molecule has 0 aromatic heterocycles. The van der Waals surface area contributed by atoms with Crippen LogP contribution < -0.4 is 4.74 Å². The number of benzene rings is 2. The number of carbonyl (C=O) groups excluding carboxylic acids is 1. The molecule has 3 heteroatoms. The van der Waals surface area contributed by atoms with Crippen molar-refractivity contribution in [2.75, 3.05) is 12.9 Å². The fourth-order valence-corrected chi connectivity index (χ4v) is 2.71. The standard InChI is InChI=1S/C16H18O2S/c1-4-19-16(17)11(2)12-5-6-14-10-15(18-3)8-7-13(14)9-12/h5-11H,4H2,1-3H3/t11-/m0/s1. The Morgan fingerprint density at radius 1 is 1.21 bits per heavy atom. The monoisotopic (exact) mass is 274 g/mol. The Hall–Kier alpha value is -1.48. The van der Waals surface area contributed by atoms with Crippen LogP contribution in [0.25, 0.3) is 10.8 Å². The van der Waals surface area contributed by atoms with Gasteiger partial charge in [0.2, 0.25) is 0 Å². The average Bonchev–Trinajstić information content (AvgIpc) is 2.45. The summed E-state index contributed by atoms with van der Waals surface area (Å²) in [5.74, 6) is 1.62. The third kappa shape index (κ3) is 3.10. The molecule has 0 saturated heterocycles. The second-order valence-corrected chi connectivity index (χ2v) is 5.71. The summed E-state index contributed by atoms with van der Waals surface area (Å²) in [6.45, 7) is 3.97. The topological polar surface area (TPSA) is 26.3 Å². The zero-order valence-electron chi connectivity index (χ0n) is 11.5. The van der Waals surface area contributed by atoms with Gasteiger partial charge in [0.1, 0.15) is 5.75 Å².